The number of thiophene rings is 1. The SMILES string of the molecule is CNCCC(=O)N1CCc2cc(OC)c(OC)cc2C1c1cccs1. The number of rotatable bonds is 6. The molecule has 6 heteroatoms. The van der Waals surface area contributed by atoms with Crippen LogP contribution in [0.5, 0.6) is 11.5 Å². The predicted molar refractivity (Wildman–Crippen MR) is 99.7 cm³/mol. The van der Waals surface area contributed by atoms with Crippen molar-refractivity contribution in [2.24, 2.45) is 0 Å². The molecule has 1 aromatic heterocycles. The molecule has 0 saturated carbocycles. The third kappa shape index (κ3) is 3.50. The first-order valence-electron chi connectivity index (χ1n) is 8.41. The third-order valence-electron chi connectivity index (χ3n) is 4.60. The molecule has 1 N–H and O–H groups in total. The molecule has 1 aliphatic heterocycles. The second-order valence-electron chi connectivity index (χ2n) is 6.01. The number of ether oxygens (including phenoxy) is 2. The van der Waals surface area contributed by atoms with Crippen molar-refractivity contribution in [1.29, 1.82) is 0 Å². The minimum atomic E-state index is -0.0621. The van der Waals surface area contributed by atoms with Crippen LogP contribution in [-0.4, -0.2) is 45.2 Å². The number of nitrogens with zero attached hydrogens (tertiary/aromatic N) is 1. The van der Waals surface area contributed by atoms with Gasteiger partial charge in [-0.2, -0.15) is 0 Å². The fraction of sp³-hybridized carbons (Fsp3) is 0.421. The number of nitrogens with one attached hydrogen (secondary N) is 1. The lowest BCUT2D eigenvalue weighted by Crippen LogP contribution is -2.41. The first-order valence-corrected chi connectivity index (χ1v) is 9.29. The number of amides is 1. The summed E-state index contributed by atoms with van der Waals surface area (Å²) in [5, 5.41) is 5.11. The molecule has 2 heterocycles. The van der Waals surface area contributed by atoms with Crippen LogP contribution in [0.2, 0.25) is 0 Å². The van der Waals surface area contributed by atoms with Gasteiger partial charge >= 0.3 is 0 Å². The van der Waals surface area contributed by atoms with Crippen LogP contribution in [0.3, 0.4) is 0 Å². The molecular weight excluding hydrogens is 336 g/mol. The zero-order valence-corrected chi connectivity index (χ0v) is 15.7. The Morgan fingerprint density at radius 1 is 1.32 bits per heavy atom. The van der Waals surface area contributed by atoms with Crippen LogP contribution in [0.25, 0.3) is 0 Å². The fourth-order valence-electron chi connectivity index (χ4n) is 3.34. The molecule has 0 spiro atoms. The van der Waals surface area contributed by atoms with E-state index < -0.39 is 0 Å². The second kappa shape index (κ2) is 7.89. The van der Waals surface area contributed by atoms with E-state index in [1.807, 2.05) is 30.1 Å². The average Bonchev–Trinajstić information content (AvgIpc) is 3.18. The Morgan fingerprint density at radius 3 is 2.72 bits per heavy atom. The Labute approximate surface area is 152 Å². The minimum Gasteiger partial charge on any atom is -0.493 e. The number of carbonyl (C=O) groups excluding carboxylic acids is 1. The smallest absolute Gasteiger partial charge is 0.224 e. The molecule has 0 aliphatic carbocycles. The Hall–Kier alpha value is -2.05. The van der Waals surface area contributed by atoms with Gasteiger partial charge in [-0.25, -0.2) is 0 Å². The minimum absolute atomic E-state index is 0.0621. The predicted octanol–water partition coefficient (Wildman–Crippen LogP) is 2.85. The van der Waals surface area contributed by atoms with Crippen molar-refractivity contribution in [3.8, 4) is 11.5 Å². The normalized spacial score (nSPS) is 16.4. The maximum atomic E-state index is 12.8. The summed E-state index contributed by atoms with van der Waals surface area (Å²) in [6.45, 7) is 1.40. The van der Waals surface area contributed by atoms with Crippen molar-refractivity contribution >= 4 is 17.2 Å². The van der Waals surface area contributed by atoms with Gasteiger partial charge in [-0.05, 0) is 48.2 Å². The molecule has 134 valence electrons. The maximum absolute atomic E-state index is 12.8. The van der Waals surface area contributed by atoms with Crippen LogP contribution in [0.1, 0.15) is 28.5 Å². The van der Waals surface area contributed by atoms with Gasteiger partial charge in [0.25, 0.3) is 0 Å². The van der Waals surface area contributed by atoms with E-state index in [9.17, 15) is 4.79 Å². The molecule has 3 rings (SSSR count). The highest BCUT2D eigenvalue weighted by Gasteiger charge is 2.33. The van der Waals surface area contributed by atoms with Crippen molar-refractivity contribution < 1.29 is 14.3 Å². The fourth-order valence-corrected chi connectivity index (χ4v) is 4.20. The number of benzene rings is 1. The molecule has 0 radical (unpaired) electrons. The van der Waals surface area contributed by atoms with Gasteiger partial charge in [-0.1, -0.05) is 6.07 Å². The molecule has 1 unspecified atom stereocenters. The van der Waals surface area contributed by atoms with Gasteiger partial charge in [0.1, 0.15) is 0 Å². The molecule has 2 aromatic rings. The summed E-state index contributed by atoms with van der Waals surface area (Å²) >= 11 is 1.68. The largest absolute Gasteiger partial charge is 0.493 e. The summed E-state index contributed by atoms with van der Waals surface area (Å²) in [5.41, 5.74) is 2.35. The van der Waals surface area contributed by atoms with Gasteiger partial charge in [0.15, 0.2) is 11.5 Å². The first-order chi connectivity index (χ1) is 12.2. The van der Waals surface area contributed by atoms with E-state index in [0.29, 0.717) is 25.3 Å². The van der Waals surface area contributed by atoms with Crippen molar-refractivity contribution in [3.63, 3.8) is 0 Å². The van der Waals surface area contributed by atoms with Crippen LogP contribution in [-0.2, 0) is 11.2 Å². The van der Waals surface area contributed by atoms with Crippen LogP contribution >= 0.6 is 11.3 Å². The molecule has 0 saturated heterocycles. The van der Waals surface area contributed by atoms with Crippen molar-refractivity contribution in [2.75, 3.05) is 34.4 Å². The molecular formula is C19H24N2O3S. The first kappa shape index (κ1) is 17.8. The quantitative estimate of drug-likeness (QED) is 0.861. The van der Waals surface area contributed by atoms with Crippen molar-refractivity contribution in [3.05, 3.63) is 45.6 Å². The van der Waals surface area contributed by atoms with Crippen molar-refractivity contribution in [2.45, 2.75) is 18.9 Å². The summed E-state index contributed by atoms with van der Waals surface area (Å²) in [4.78, 5) is 16.0. The summed E-state index contributed by atoms with van der Waals surface area (Å²) < 4.78 is 10.9. The zero-order chi connectivity index (χ0) is 17.8. The van der Waals surface area contributed by atoms with E-state index in [1.54, 1.807) is 25.6 Å². The lowest BCUT2D eigenvalue weighted by atomic mass is 9.90. The third-order valence-corrected chi connectivity index (χ3v) is 5.52. The molecule has 1 aliphatic rings. The molecule has 1 atom stereocenters. The molecule has 1 aromatic carbocycles. The number of carbonyl (C=O) groups is 1. The maximum Gasteiger partial charge on any atom is 0.224 e. The van der Waals surface area contributed by atoms with Crippen LogP contribution < -0.4 is 14.8 Å². The second-order valence-corrected chi connectivity index (χ2v) is 6.99. The summed E-state index contributed by atoms with van der Waals surface area (Å²) in [5.74, 6) is 1.61. The summed E-state index contributed by atoms with van der Waals surface area (Å²) in [6.07, 6.45) is 1.32. The Bertz CT molecular complexity index is 731. The number of hydrogen-bond donors (Lipinski definition) is 1. The van der Waals surface area contributed by atoms with E-state index in [1.165, 1.54) is 10.4 Å². The van der Waals surface area contributed by atoms with E-state index in [0.717, 1.165) is 17.7 Å². The molecule has 25 heavy (non-hydrogen) atoms. The summed E-state index contributed by atoms with van der Waals surface area (Å²) in [7, 11) is 5.16. The monoisotopic (exact) mass is 360 g/mol. The van der Waals surface area contributed by atoms with Crippen LogP contribution in [0.4, 0.5) is 0 Å². The Kier molecular flexibility index (Phi) is 5.60. The van der Waals surface area contributed by atoms with Crippen LogP contribution in [0, 0.1) is 0 Å². The Balaban J connectivity index is 2.04. The number of hydrogen-bond acceptors (Lipinski definition) is 5. The highest BCUT2D eigenvalue weighted by atomic mass is 32.1. The van der Waals surface area contributed by atoms with E-state index in [-0.39, 0.29) is 11.9 Å². The lowest BCUT2D eigenvalue weighted by Gasteiger charge is -2.37. The van der Waals surface area contributed by atoms with E-state index >= 15 is 0 Å². The van der Waals surface area contributed by atoms with Gasteiger partial charge in [0.2, 0.25) is 5.91 Å². The molecule has 1 amide bonds. The van der Waals surface area contributed by atoms with Gasteiger partial charge in [0, 0.05) is 24.4 Å². The van der Waals surface area contributed by atoms with Gasteiger partial charge in [-0.3, -0.25) is 4.79 Å². The number of methoxy groups -OCH3 is 2. The van der Waals surface area contributed by atoms with Crippen LogP contribution in [0.15, 0.2) is 29.6 Å². The van der Waals surface area contributed by atoms with E-state index in [4.69, 9.17) is 9.47 Å². The number of fused-ring (bicyclic) bond motifs is 1. The zero-order valence-electron chi connectivity index (χ0n) is 14.9. The summed E-state index contributed by atoms with van der Waals surface area (Å²) in [6, 6.07) is 8.14. The molecule has 0 bridgehead atoms. The van der Waals surface area contributed by atoms with Crippen molar-refractivity contribution in [1.82, 2.24) is 10.2 Å². The average molecular weight is 360 g/mol. The van der Waals surface area contributed by atoms with E-state index in [2.05, 4.69) is 16.8 Å². The van der Waals surface area contributed by atoms with Gasteiger partial charge in [0.05, 0.1) is 20.3 Å². The Morgan fingerprint density at radius 2 is 2.08 bits per heavy atom. The van der Waals surface area contributed by atoms with Gasteiger partial charge < -0.3 is 19.7 Å². The highest BCUT2D eigenvalue weighted by Crippen LogP contribution is 2.42. The molecule has 0 fully saturated rings. The topological polar surface area (TPSA) is 50.8 Å². The lowest BCUT2D eigenvalue weighted by molar-refractivity contribution is -0.133. The highest BCUT2D eigenvalue weighted by molar-refractivity contribution is 7.10. The molecule has 5 nitrogen and oxygen atoms in total. The van der Waals surface area contributed by atoms with Gasteiger partial charge in [-0.15, -0.1) is 11.3 Å². The standard InChI is InChI=1S/C19H24N2O3S/c1-20-8-6-18(22)21-9-7-13-11-15(23-2)16(24-3)12-14(13)19(21)17-5-4-10-25-17/h4-5,10-12,19-20H,6-9H2,1-3H3.